The van der Waals surface area contributed by atoms with Gasteiger partial charge in [0, 0.05) is 5.56 Å². The number of carbonyl (C=O) groups excluding carboxylic acids is 1. The summed E-state index contributed by atoms with van der Waals surface area (Å²) in [5.41, 5.74) is -1.18. The van der Waals surface area contributed by atoms with Gasteiger partial charge in [-0.25, -0.2) is 0 Å². The molecule has 1 N–H and O–H groups in total. The maximum absolute atomic E-state index is 12.5. The minimum absolute atomic E-state index is 0.0427. The highest BCUT2D eigenvalue weighted by molar-refractivity contribution is 7.80. The second-order valence-electron chi connectivity index (χ2n) is 3.01. The lowest BCUT2D eigenvalue weighted by Crippen LogP contribution is -2.20. The molecule has 15 heavy (non-hydrogen) atoms. The Morgan fingerprint density at radius 3 is 2.53 bits per heavy atom. The van der Waals surface area contributed by atoms with Gasteiger partial charge in [0.1, 0.15) is 4.99 Å². The lowest BCUT2D eigenvalue weighted by molar-refractivity contribution is -0.137. The van der Waals surface area contributed by atoms with Gasteiger partial charge < -0.3 is 5.32 Å². The van der Waals surface area contributed by atoms with Gasteiger partial charge in [0.2, 0.25) is 0 Å². The van der Waals surface area contributed by atoms with Crippen LogP contribution in [0.5, 0.6) is 0 Å². The summed E-state index contributed by atoms with van der Waals surface area (Å²) < 4.78 is 37.6. The van der Waals surface area contributed by atoms with Crippen molar-refractivity contribution in [2.45, 2.75) is 6.18 Å². The number of amides is 1. The summed E-state index contributed by atoms with van der Waals surface area (Å²) in [6.45, 7) is 0. The van der Waals surface area contributed by atoms with Crippen LogP contribution in [0.1, 0.15) is 21.5 Å². The lowest BCUT2D eigenvalue weighted by atomic mass is 10.0. The molecule has 0 unspecified atom stereocenters. The number of hydrogen-bond donors (Lipinski definition) is 1. The zero-order valence-corrected chi connectivity index (χ0v) is 8.00. The molecule has 1 aromatic rings. The zero-order chi connectivity index (χ0) is 11.2. The molecule has 78 valence electrons. The first-order valence-corrected chi connectivity index (χ1v) is 4.38. The first-order chi connectivity index (χ1) is 6.91. The molecule has 6 heteroatoms. The number of halogens is 3. The van der Waals surface area contributed by atoms with E-state index in [0.29, 0.717) is 0 Å². The lowest BCUT2D eigenvalue weighted by Gasteiger charge is -2.09. The van der Waals surface area contributed by atoms with Gasteiger partial charge in [0.25, 0.3) is 5.91 Å². The Bertz CT molecular complexity index is 467. The molecule has 0 bridgehead atoms. The predicted molar refractivity (Wildman–Crippen MR) is 50.6 cm³/mol. The number of hydrogen-bond acceptors (Lipinski definition) is 2. The maximum Gasteiger partial charge on any atom is 0.417 e. The van der Waals surface area contributed by atoms with E-state index in [4.69, 9.17) is 12.2 Å². The van der Waals surface area contributed by atoms with E-state index in [9.17, 15) is 18.0 Å². The summed E-state index contributed by atoms with van der Waals surface area (Å²) in [7, 11) is 0. The third kappa shape index (κ3) is 1.50. The van der Waals surface area contributed by atoms with Crippen LogP contribution < -0.4 is 5.32 Å². The van der Waals surface area contributed by atoms with E-state index in [0.717, 1.165) is 6.07 Å². The number of alkyl halides is 3. The largest absolute Gasteiger partial charge is 0.417 e. The van der Waals surface area contributed by atoms with Crippen molar-refractivity contribution in [1.29, 1.82) is 0 Å². The number of rotatable bonds is 0. The summed E-state index contributed by atoms with van der Waals surface area (Å²) in [6.07, 6.45) is -4.54. The fourth-order valence-corrected chi connectivity index (χ4v) is 1.72. The highest BCUT2D eigenvalue weighted by Gasteiger charge is 2.39. The molecule has 2 rings (SSSR count). The van der Waals surface area contributed by atoms with Crippen LogP contribution in [0.15, 0.2) is 18.2 Å². The zero-order valence-electron chi connectivity index (χ0n) is 7.18. The standard InChI is InChI=1S/C9H4F3NOS/c10-9(11,12)5-3-1-2-4-6(5)7(14)13-8(4)15/h1-3H,(H,13,14,15). The van der Waals surface area contributed by atoms with Gasteiger partial charge in [-0.1, -0.05) is 24.4 Å². The molecule has 1 amide bonds. The molecule has 2 nitrogen and oxygen atoms in total. The van der Waals surface area contributed by atoms with E-state index in [1.165, 1.54) is 12.1 Å². The molecule has 0 saturated carbocycles. The first kappa shape index (κ1) is 10.1. The van der Waals surface area contributed by atoms with Crippen LogP contribution >= 0.6 is 12.2 Å². The summed E-state index contributed by atoms with van der Waals surface area (Å²) in [5, 5.41) is 2.19. The van der Waals surface area contributed by atoms with Crippen molar-refractivity contribution >= 4 is 23.1 Å². The number of fused-ring (bicyclic) bond motifs is 1. The molecular weight excluding hydrogens is 227 g/mol. The van der Waals surface area contributed by atoms with Crippen LogP contribution in [-0.4, -0.2) is 10.9 Å². The second kappa shape index (κ2) is 3.03. The van der Waals surface area contributed by atoms with Crippen LogP contribution in [0.25, 0.3) is 0 Å². The quantitative estimate of drug-likeness (QED) is 0.693. The summed E-state index contributed by atoms with van der Waals surface area (Å²) >= 11 is 4.73. The Morgan fingerprint density at radius 2 is 1.93 bits per heavy atom. The van der Waals surface area contributed by atoms with Gasteiger partial charge in [-0.2, -0.15) is 13.2 Å². The molecule has 1 aromatic carbocycles. The smallest absolute Gasteiger partial charge is 0.312 e. The average molecular weight is 231 g/mol. The van der Waals surface area contributed by atoms with Crippen LogP contribution in [0.4, 0.5) is 13.2 Å². The Balaban J connectivity index is 2.71. The van der Waals surface area contributed by atoms with Crippen LogP contribution in [0, 0.1) is 0 Å². The van der Waals surface area contributed by atoms with Gasteiger partial charge in [-0.15, -0.1) is 0 Å². The SMILES string of the molecule is O=C1NC(=S)c2cccc(C(F)(F)F)c21. The number of benzene rings is 1. The van der Waals surface area contributed by atoms with Gasteiger partial charge >= 0.3 is 6.18 Å². The number of carbonyl (C=O) groups is 1. The molecule has 1 heterocycles. The van der Waals surface area contributed by atoms with Crippen molar-refractivity contribution in [1.82, 2.24) is 5.32 Å². The molecule has 1 aliphatic rings. The monoisotopic (exact) mass is 231 g/mol. The summed E-state index contributed by atoms with van der Waals surface area (Å²) in [5.74, 6) is -0.789. The van der Waals surface area contributed by atoms with Gasteiger partial charge in [0.15, 0.2) is 0 Å². The normalized spacial score (nSPS) is 15.1. The van der Waals surface area contributed by atoms with Crippen molar-refractivity contribution in [2.24, 2.45) is 0 Å². The predicted octanol–water partition coefficient (Wildman–Crippen LogP) is 2.12. The van der Waals surface area contributed by atoms with Gasteiger partial charge in [-0.3, -0.25) is 4.79 Å². The third-order valence-electron chi connectivity index (χ3n) is 2.07. The van der Waals surface area contributed by atoms with Crippen molar-refractivity contribution in [2.75, 3.05) is 0 Å². The van der Waals surface area contributed by atoms with E-state index < -0.39 is 17.6 Å². The fraction of sp³-hybridized carbons (Fsp3) is 0.111. The Hall–Kier alpha value is -1.43. The fourth-order valence-electron chi connectivity index (χ4n) is 1.46. The maximum atomic E-state index is 12.5. The molecule has 1 aliphatic heterocycles. The molecule has 0 fully saturated rings. The average Bonchev–Trinajstić information content (AvgIpc) is 2.41. The van der Waals surface area contributed by atoms with Crippen molar-refractivity contribution in [3.8, 4) is 0 Å². The number of thiocarbonyl (C=S) groups is 1. The molecule has 0 spiro atoms. The van der Waals surface area contributed by atoms with Crippen molar-refractivity contribution in [3.63, 3.8) is 0 Å². The molecule has 0 atom stereocenters. The Kier molecular flexibility index (Phi) is 2.04. The molecule has 0 aromatic heterocycles. The van der Waals surface area contributed by atoms with Crippen LogP contribution in [0.3, 0.4) is 0 Å². The van der Waals surface area contributed by atoms with Crippen molar-refractivity contribution < 1.29 is 18.0 Å². The second-order valence-corrected chi connectivity index (χ2v) is 3.42. The topological polar surface area (TPSA) is 29.1 Å². The minimum Gasteiger partial charge on any atom is -0.312 e. The van der Waals surface area contributed by atoms with E-state index in [1.807, 2.05) is 0 Å². The highest BCUT2D eigenvalue weighted by atomic mass is 32.1. The van der Waals surface area contributed by atoms with E-state index in [2.05, 4.69) is 5.32 Å². The Labute approximate surface area is 88.1 Å². The molecule has 0 aliphatic carbocycles. The minimum atomic E-state index is -4.54. The summed E-state index contributed by atoms with van der Waals surface area (Å²) in [4.78, 5) is 11.3. The van der Waals surface area contributed by atoms with E-state index >= 15 is 0 Å². The van der Waals surface area contributed by atoms with E-state index in [1.54, 1.807) is 0 Å². The van der Waals surface area contributed by atoms with Gasteiger partial charge in [-0.05, 0) is 6.07 Å². The number of nitrogens with one attached hydrogen (secondary N) is 1. The Morgan fingerprint density at radius 1 is 1.27 bits per heavy atom. The van der Waals surface area contributed by atoms with Gasteiger partial charge in [0.05, 0.1) is 11.1 Å². The third-order valence-corrected chi connectivity index (χ3v) is 2.39. The first-order valence-electron chi connectivity index (χ1n) is 3.97. The molecular formula is C9H4F3NOS. The van der Waals surface area contributed by atoms with Crippen LogP contribution in [0.2, 0.25) is 0 Å². The molecule has 0 radical (unpaired) electrons. The summed E-state index contributed by atoms with van der Waals surface area (Å²) in [6, 6.07) is 3.49. The van der Waals surface area contributed by atoms with Crippen molar-refractivity contribution in [3.05, 3.63) is 34.9 Å². The van der Waals surface area contributed by atoms with E-state index in [-0.39, 0.29) is 16.1 Å². The molecule has 0 saturated heterocycles. The van der Waals surface area contributed by atoms with Crippen LogP contribution in [-0.2, 0) is 6.18 Å². The highest BCUT2D eigenvalue weighted by Crippen LogP contribution is 2.34.